The van der Waals surface area contributed by atoms with Crippen LogP contribution < -0.4 is 10.6 Å². The van der Waals surface area contributed by atoms with E-state index >= 15 is 0 Å². The van der Waals surface area contributed by atoms with Crippen LogP contribution in [0.2, 0.25) is 0 Å². The Kier molecular flexibility index (Phi) is 8.67. The molecule has 3 amide bonds. The molecule has 0 aliphatic heterocycles. The standard InChI is InChI=1S/C18H30N4O5S/c1-11(2)14-20-12(10-28-14)9-22(6)16(25)21-13(15(23)24)7-8-19-17(26)27-18(3,4)5/h10-11,13H,7-9H2,1-6H3,(H,19,26)(H,21,25)(H,23,24). The van der Waals surface area contributed by atoms with E-state index in [9.17, 15) is 19.5 Å². The molecular weight excluding hydrogens is 384 g/mol. The van der Waals surface area contributed by atoms with Crippen molar-refractivity contribution in [2.75, 3.05) is 13.6 Å². The van der Waals surface area contributed by atoms with Crippen molar-refractivity contribution in [2.45, 2.75) is 65.1 Å². The average molecular weight is 415 g/mol. The van der Waals surface area contributed by atoms with Gasteiger partial charge in [-0.1, -0.05) is 13.8 Å². The van der Waals surface area contributed by atoms with Crippen LogP contribution >= 0.6 is 11.3 Å². The molecule has 0 aromatic carbocycles. The summed E-state index contributed by atoms with van der Waals surface area (Å²) in [6.07, 6.45) is -0.605. The molecule has 1 heterocycles. The summed E-state index contributed by atoms with van der Waals surface area (Å²) in [5, 5.41) is 17.1. The molecule has 28 heavy (non-hydrogen) atoms. The maximum Gasteiger partial charge on any atom is 0.407 e. The van der Waals surface area contributed by atoms with Gasteiger partial charge in [-0.05, 0) is 27.2 Å². The number of alkyl carbamates (subject to hydrolysis) is 1. The Morgan fingerprint density at radius 2 is 1.96 bits per heavy atom. The second kappa shape index (κ2) is 10.3. The van der Waals surface area contributed by atoms with Crippen LogP contribution in [0.25, 0.3) is 0 Å². The summed E-state index contributed by atoms with van der Waals surface area (Å²) in [6.45, 7) is 9.61. The molecule has 0 fully saturated rings. The van der Waals surface area contributed by atoms with Crippen LogP contribution in [0.3, 0.4) is 0 Å². The third-order valence-electron chi connectivity index (χ3n) is 3.51. The van der Waals surface area contributed by atoms with Crippen LogP contribution in [0.4, 0.5) is 9.59 Å². The molecule has 0 aliphatic carbocycles. The number of amides is 3. The lowest BCUT2D eigenvalue weighted by Gasteiger charge is -2.22. The number of urea groups is 1. The number of hydrogen-bond acceptors (Lipinski definition) is 6. The summed E-state index contributed by atoms with van der Waals surface area (Å²) >= 11 is 1.53. The Bertz CT molecular complexity index is 684. The molecule has 3 N–H and O–H groups in total. The minimum atomic E-state index is -1.18. The van der Waals surface area contributed by atoms with Crippen LogP contribution in [0, 0.1) is 0 Å². The van der Waals surface area contributed by atoms with E-state index in [1.54, 1.807) is 27.8 Å². The van der Waals surface area contributed by atoms with Gasteiger partial charge in [0.1, 0.15) is 11.6 Å². The molecule has 1 aromatic rings. The average Bonchev–Trinajstić information content (AvgIpc) is 3.00. The van der Waals surface area contributed by atoms with Crippen LogP contribution in [0.1, 0.15) is 57.7 Å². The third-order valence-corrected chi connectivity index (χ3v) is 4.70. The van der Waals surface area contributed by atoms with Crippen molar-refractivity contribution in [2.24, 2.45) is 0 Å². The van der Waals surface area contributed by atoms with Gasteiger partial charge in [-0.3, -0.25) is 0 Å². The molecule has 1 rings (SSSR count). The lowest BCUT2D eigenvalue weighted by atomic mass is 10.2. The quantitative estimate of drug-likeness (QED) is 0.601. The van der Waals surface area contributed by atoms with Crippen LogP contribution in [0.15, 0.2) is 5.38 Å². The summed E-state index contributed by atoms with van der Waals surface area (Å²) in [5.74, 6) is -0.866. The zero-order chi connectivity index (χ0) is 21.5. The fraction of sp³-hybridized carbons (Fsp3) is 0.667. The van der Waals surface area contributed by atoms with E-state index < -0.39 is 29.7 Å². The lowest BCUT2D eigenvalue weighted by Crippen LogP contribution is -2.47. The van der Waals surface area contributed by atoms with E-state index in [1.165, 1.54) is 16.2 Å². The number of carbonyl (C=O) groups is 3. The molecule has 1 atom stereocenters. The smallest absolute Gasteiger partial charge is 0.407 e. The molecule has 9 nitrogen and oxygen atoms in total. The van der Waals surface area contributed by atoms with Crippen molar-refractivity contribution in [3.63, 3.8) is 0 Å². The monoisotopic (exact) mass is 414 g/mol. The fourth-order valence-corrected chi connectivity index (χ4v) is 2.95. The number of carboxylic acid groups (broad SMARTS) is 1. The minimum absolute atomic E-state index is 0.0301. The number of rotatable bonds is 8. The summed E-state index contributed by atoms with van der Waals surface area (Å²) in [7, 11) is 1.57. The summed E-state index contributed by atoms with van der Waals surface area (Å²) in [4.78, 5) is 41.2. The van der Waals surface area contributed by atoms with Crippen molar-refractivity contribution >= 4 is 29.4 Å². The molecular formula is C18H30N4O5S. The largest absolute Gasteiger partial charge is 0.480 e. The van der Waals surface area contributed by atoms with Crippen molar-refractivity contribution < 1.29 is 24.2 Å². The second-order valence-corrected chi connectivity index (χ2v) is 8.64. The molecule has 1 unspecified atom stereocenters. The Morgan fingerprint density at radius 3 is 2.46 bits per heavy atom. The van der Waals surface area contributed by atoms with Gasteiger partial charge in [-0.15, -0.1) is 11.3 Å². The van der Waals surface area contributed by atoms with E-state index in [4.69, 9.17) is 4.74 Å². The highest BCUT2D eigenvalue weighted by Crippen LogP contribution is 2.19. The number of carbonyl (C=O) groups excluding carboxylic acids is 2. The molecule has 0 aliphatic rings. The van der Waals surface area contributed by atoms with Crippen molar-refractivity contribution in [1.82, 2.24) is 20.5 Å². The van der Waals surface area contributed by atoms with Gasteiger partial charge in [0.25, 0.3) is 0 Å². The minimum Gasteiger partial charge on any atom is -0.480 e. The van der Waals surface area contributed by atoms with E-state index in [0.29, 0.717) is 5.92 Å². The Morgan fingerprint density at radius 1 is 1.32 bits per heavy atom. The molecule has 0 spiro atoms. The Balaban J connectivity index is 2.51. The highest BCUT2D eigenvalue weighted by Gasteiger charge is 2.23. The Labute approximate surface area is 169 Å². The number of ether oxygens (including phenoxy) is 1. The molecule has 158 valence electrons. The highest BCUT2D eigenvalue weighted by atomic mass is 32.1. The van der Waals surface area contributed by atoms with Gasteiger partial charge < -0.3 is 25.4 Å². The van der Waals surface area contributed by atoms with Gasteiger partial charge in [-0.2, -0.15) is 0 Å². The van der Waals surface area contributed by atoms with Crippen molar-refractivity contribution in [3.8, 4) is 0 Å². The first-order valence-corrected chi connectivity index (χ1v) is 9.92. The fourth-order valence-electron chi connectivity index (χ4n) is 2.12. The number of aliphatic carboxylic acids is 1. The van der Waals surface area contributed by atoms with Crippen molar-refractivity contribution in [1.29, 1.82) is 0 Å². The van der Waals surface area contributed by atoms with Gasteiger partial charge in [0, 0.05) is 24.9 Å². The van der Waals surface area contributed by atoms with E-state index in [0.717, 1.165) is 10.7 Å². The number of carboxylic acids is 1. The molecule has 1 aromatic heterocycles. The van der Waals surface area contributed by atoms with Gasteiger partial charge in [0.15, 0.2) is 0 Å². The van der Waals surface area contributed by atoms with Gasteiger partial charge in [0.2, 0.25) is 0 Å². The number of nitrogens with one attached hydrogen (secondary N) is 2. The molecule has 0 saturated carbocycles. The topological polar surface area (TPSA) is 121 Å². The molecule has 0 bridgehead atoms. The van der Waals surface area contributed by atoms with E-state index in [-0.39, 0.29) is 19.5 Å². The normalized spacial score (nSPS) is 12.4. The molecule has 0 radical (unpaired) electrons. The predicted molar refractivity (Wildman–Crippen MR) is 106 cm³/mol. The molecule has 10 heteroatoms. The van der Waals surface area contributed by atoms with Crippen LogP contribution in [-0.4, -0.2) is 58.3 Å². The zero-order valence-corrected chi connectivity index (χ0v) is 18.1. The molecule has 0 saturated heterocycles. The summed E-state index contributed by atoms with van der Waals surface area (Å²) in [6, 6.07) is -1.66. The van der Waals surface area contributed by atoms with Crippen LogP contribution in [-0.2, 0) is 16.1 Å². The van der Waals surface area contributed by atoms with Gasteiger partial charge in [-0.25, -0.2) is 19.4 Å². The number of thiazole rings is 1. The number of hydrogen-bond donors (Lipinski definition) is 3. The lowest BCUT2D eigenvalue weighted by molar-refractivity contribution is -0.139. The first-order chi connectivity index (χ1) is 12.9. The van der Waals surface area contributed by atoms with Crippen molar-refractivity contribution in [3.05, 3.63) is 16.1 Å². The summed E-state index contributed by atoms with van der Waals surface area (Å²) in [5.41, 5.74) is 0.114. The van der Waals surface area contributed by atoms with E-state index in [1.807, 2.05) is 19.2 Å². The first kappa shape index (κ1) is 23.7. The maximum absolute atomic E-state index is 12.3. The number of nitrogens with zero attached hydrogens (tertiary/aromatic N) is 2. The zero-order valence-electron chi connectivity index (χ0n) is 17.2. The van der Waals surface area contributed by atoms with Crippen LogP contribution in [0.5, 0.6) is 0 Å². The van der Waals surface area contributed by atoms with E-state index in [2.05, 4.69) is 15.6 Å². The van der Waals surface area contributed by atoms with Gasteiger partial charge >= 0.3 is 18.1 Å². The summed E-state index contributed by atoms with van der Waals surface area (Å²) < 4.78 is 5.09. The third kappa shape index (κ3) is 8.55. The Hall–Kier alpha value is -2.36. The second-order valence-electron chi connectivity index (χ2n) is 7.75. The highest BCUT2D eigenvalue weighted by molar-refractivity contribution is 7.09. The first-order valence-electron chi connectivity index (χ1n) is 9.04. The predicted octanol–water partition coefficient (Wildman–Crippen LogP) is 2.78. The SMILES string of the molecule is CC(C)c1nc(CN(C)C(=O)NC(CCNC(=O)OC(C)(C)C)C(=O)O)cs1. The number of aromatic nitrogens is 1. The van der Waals surface area contributed by atoms with Gasteiger partial charge in [0.05, 0.1) is 17.2 Å². The maximum atomic E-state index is 12.3.